The molecule has 9 heteroatoms. The van der Waals surface area contributed by atoms with E-state index in [1.165, 1.54) is 24.3 Å². The highest BCUT2D eigenvalue weighted by Crippen LogP contribution is 2.34. The first-order chi connectivity index (χ1) is 15.9. The molecule has 0 aliphatic carbocycles. The van der Waals surface area contributed by atoms with Crippen LogP contribution in [0.4, 0.5) is 17.1 Å². The normalized spacial score (nSPS) is 12.5. The fourth-order valence-corrected chi connectivity index (χ4v) is 3.43. The van der Waals surface area contributed by atoms with Crippen LogP contribution >= 0.6 is 0 Å². The lowest BCUT2D eigenvalue weighted by atomic mass is 10.1. The van der Waals surface area contributed by atoms with Crippen molar-refractivity contribution in [2.75, 3.05) is 30.0 Å². The van der Waals surface area contributed by atoms with E-state index in [2.05, 4.69) is 5.32 Å². The van der Waals surface area contributed by atoms with Crippen LogP contribution in [0.1, 0.15) is 15.9 Å². The minimum atomic E-state index is -0.526. The molecular formula is C24H21N3O6. The number of fused-ring (bicyclic) bond motifs is 1. The molecule has 0 atom stereocenters. The Morgan fingerprint density at radius 3 is 2.67 bits per heavy atom. The van der Waals surface area contributed by atoms with Gasteiger partial charge in [-0.15, -0.1) is 0 Å². The van der Waals surface area contributed by atoms with Crippen LogP contribution in [0, 0.1) is 17.0 Å². The van der Waals surface area contributed by atoms with Gasteiger partial charge < -0.3 is 19.7 Å². The molecule has 1 N–H and O–H groups in total. The lowest BCUT2D eigenvalue weighted by Gasteiger charge is -2.29. The monoisotopic (exact) mass is 447 g/mol. The van der Waals surface area contributed by atoms with Crippen molar-refractivity contribution in [1.29, 1.82) is 0 Å². The number of non-ortho nitro benzene ring substituents is 1. The van der Waals surface area contributed by atoms with Crippen molar-refractivity contribution >= 4 is 28.9 Å². The lowest BCUT2D eigenvalue weighted by molar-refractivity contribution is -0.384. The van der Waals surface area contributed by atoms with Gasteiger partial charge in [0.1, 0.15) is 18.1 Å². The highest BCUT2D eigenvalue weighted by atomic mass is 16.6. The molecule has 4 rings (SSSR count). The summed E-state index contributed by atoms with van der Waals surface area (Å²) in [4.78, 5) is 36.7. The number of anilines is 2. The second-order valence-electron chi connectivity index (χ2n) is 7.44. The van der Waals surface area contributed by atoms with Crippen molar-refractivity contribution in [1.82, 2.24) is 0 Å². The van der Waals surface area contributed by atoms with E-state index in [1.54, 1.807) is 23.1 Å². The van der Waals surface area contributed by atoms with E-state index < -0.39 is 10.8 Å². The highest BCUT2D eigenvalue weighted by molar-refractivity contribution is 6.05. The fourth-order valence-electron chi connectivity index (χ4n) is 3.43. The summed E-state index contributed by atoms with van der Waals surface area (Å²) < 4.78 is 11.3. The number of nitro benzene ring substituents is 1. The lowest BCUT2D eigenvalue weighted by Crippen LogP contribution is -2.41. The van der Waals surface area contributed by atoms with Crippen molar-refractivity contribution in [3.63, 3.8) is 0 Å². The number of ether oxygens (including phenoxy) is 2. The molecule has 0 saturated heterocycles. The number of hydrogen-bond acceptors (Lipinski definition) is 6. The Bertz CT molecular complexity index is 1210. The number of nitro groups is 1. The number of nitrogens with zero attached hydrogens (tertiary/aromatic N) is 2. The minimum Gasteiger partial charge on any atom is -0.492 e. The van der Waals surface area contributed by atoms with Crippen LogP contribution in [-0.4, -0.2) is 36.5 Å². The largest absolute Gasteiger partial charge is 0.492 e. The first-order valence-electron chi connectivity index (χ1n) is 10.2. The number of benzene rings is 3. The zero-order valence-corrected chi connectivity index (χ0v) is 17.8. The third kappa shape index (κ3) is 5.09. The van der Waals surface area contributed by atoms with Crippen LogP contribution in [0.3, 0.4) is 0 Å². The zero-order chi connectivity index (χ0) is 23.4. The van der Waals surface area contributed by atoms with E-state index in [1.807, 2.05) is 31.2 Å². The summed E-state index contributed by atoms with van der Waals surface area (Å²) in [7, 11) is 0. The topological polar surface area (TPSA) is 111 Å². The van der Waals surface area contributed by atoms with Crippen LogP contribution in [0.15, 0.2) is 66.7 Å². The molecule has 0 bridgehead atoms. The molecule has 1 heterocycles. The number of rotatable bonds is 7. The van der Waals surface area contributed by atoms with E-state index >= 15 is 0 Å². The molecule has 168 valence electrons. The quantitative estimate of drug-likeness (QED) is 0.434. The van der Waals surface area contributed by atoms with Crippen LogP contribution in [-0.2, 0) is 4.79 Å². The predicted molar refractivity (Wildman–Crippen MR) is 122 cm³/mol. The van der Waals surface area contributed by atoms with Gasteiger partial charge in [0.25, 0.3) is 17.5 Å². The Morgan fingerprint density at radius 2 is 1.94 bits per heavy atom. The Morgan fingerprint density at radius 1 is 1.15 bits per heavy atom. The average molecular weight is 447 g/mol. The molecule has 0 spiro atoms. The maximum atomic E-state index is 12.5. The molecule has 3 aromatic rings. The molecule has 0 radical (unpaired) electrons. The second-order valence-corrected chi connectivity index (χ2v) is 7.44. The average Bonchev–Trinajstić information content (AvgIpc) is 2.80. The summed E-state index contributed by atoms with van der Waals surface area (Å²) in [6.07, 6.45) is 0. The van der Waals surface area contributed by atoms with Gasteiger partial charge in [-0.3, -0.25) is 19.7 Å². The number of nitrogens with one attached hydrogen (secondary N) is 1. The Hall–Kier alpha value is -4.40. The maximum absolute atomic E-state index is 12.5. The van der Waals surface area contributed by atoms with E-state index in [0.29, 0.717) is 30.3 Å². The molecule has 0 fully saturated rings. The number of carbonyl (C=O) groups is 2. The molecule has 0 aromatic heterocycles. The van der Waals surface area contributed by atoms with Crippen molar-refractivity contribution in [3.05, 3.63) is 88.0 Å². The summed E-state index contributed by atoms with van der Waals surface area (Å²) in [6, 6.07) is 18.0. The van der Waals surface area contributed by atoms with E-state index in [9.17, 15) is 19.7 Å². The Kier molecular flexibility index (Phi) is 6.21. The van der Waals surface area contributed by atoms with E-state index in [0.717, 1.165) is 11.3 Å². The van der Waals surface area contributed by atoms with Crippen molar-refractivity contribution in [2.24, 2.45) is 0 Å². The van der Waals surface area contributed by atoms with E-state index in [4.69, 9.17) is 9.47 Å². The summed E-state index contributed by atoms with van der Waals surface area (Å²) in [5.74, 6) is 0.602. The summed E-state index contributed by atoms with van der Waals surface area (Å²) in [6.45, 7) is 2.52. The van der Waals surface area contributed by atoms with Gasteiger partial charge in [-0.05, 0) is 48.9 Å². The molecule has 1 aliphatic heterocycles. The van der Waals surface area contributed by atoms with Crippen molar-refractivity contribution in [3.8, 4) is 11.5 Å². The summed E-state index contributed by atoms with van der Waals surface area (Å²) in [5, 5.41) is 13.5. The molecule has 0 unspecified atom stereocenters. The van der Waals surface area contributed by atoms with Gasteiger partial charge >= 0.3 is 0 Å². The fraction of sp³-hybridized carbons (Fsp3) is 0.167. The predicted octanol–water partition coefficient (Wildman–Crippen LogP) is 3.96. The number of amides is 2. The van der Waals surface area contributed by atoms with Gasteiger partial charge in [0, 0.05) is 29.4 Å². The van der Waals surface area contributed by atoms with Gasteiger partial charge in [-0.1, -0.05) is 12.1 Å². The van der Waals surface area contributed by atoms with Crippen molar-refractivity contribution < 1.29 is 24.0 Å². The van der Waals surface area contributed by atoms with Gasteiger partial charge in [0.15, 0.2) is 6.61 Å². The van der Waals surface area contributed by atoms with Crippen LogP contribution in [0.25, 0.3) is 0 Å². The maximum Gasteiger partial charge on any atom is 0.269 e. The molecule has 9 nitrogen and oxygen atoms in total. The molecule has 2 amide bonds. The van der Waals surface area contributed by atoms with Crippen LogP contribution in [0.2, 0.25) is 0 Å². The number of carbonyl (C=O) groups excluding carboxylic acids is 2. The van der Waals surface area contributed by atoms with Gasteiger partial charge in [0.2, 0.25) is 0 Å². The second kappa shape index (κ2) is 9.39. The third-order valence-corrected chi connectivity index (χ3v) is 5.07. The van der Waals surface area contributed by atoms with Crippen molar-refractivity contribution in [2.45, 2.75) is 6.92 Å². The Balaban J connectivity index is 1.43. The first kappa shape index (κ1) is 21.8. The van der Waals surface area contributed by atoms with E-state index in [-0.39, 0.29) is 23.8 Å². The smallest absolute Gasteiger partial charge is 0.269 e. The van der Waals surface area contributed by atoms with Crippen LogP contribution < -0.4 is 19.7 Å². The first-order valence-corrected chi connectivity index (χ1v) is 10.2. The molecule has 0 saturated carbocycles. The minimum absolute atomic E-state index is 0.0927. The summed E-state index contributed by atoms with van der Waals surface area (Å²) in [5.41, 5.74) is 2.34. The van der Waals surface area contributed by atoms with Crippen LogP contribution in [0.5, 0.6) is 11.5 Å². The van der Waals surface area contributed by atoms with Gasteiger partial charge in [-0.25, -0.2) is 0 Å². The highest BCUT2D eigenvalue weighted by Gasteiger charge is 2.26. The summed E-state index contributed by atoms with van der Waals surface area (Å²) >= 11 is 0. The molecule has 3 aromatic carbocycles. The number of aryl methyl sites for hydroxylation is 1. The zero-order valence-electron chi connectivity index (χ0n) is 17.8. The molecule has 33 heavy (non-hydrogen) atoms. The van der Waals surface area contributed by atoms with Gasteiger partial charge in [0.05, 0.1) is 17.2 Å². The molecular weight excluding hydrogens is 426 g/mol. The molecule has 1 aliphatic rings. The van der Waals surface area contributed by atoms with Gasteiger partial charge in [-0.2, -0.15) is 0 Å². The SMILES string of the molecule is Cc1cccc(OCCN2C(=O)COc3cc(NC(=O)c4ccc([N+](=O)[O-])cc4)ccc32)c1. The standard InChI is InChI=1S/C24H21N3O6/c1-16-3-2-4-20(13-16)32-12-11-26-21-10-7-18(14-22(21)33-15-23(26)28)25-24(29)17-5-8-19(9-6-17)27(30)31/h2-10,13-14H,11-12,15H2,1H3,(H,25,29). The Labute approximate surface area is 189 Å². The third-order valence-electron chi connectivity index (χ3n) is 5.07. The number of hydrogen-bond donors (Lipinski definition) is 1.